The van der Waals surface area contributed by atoms with Gasteiger partial charge in [0.15, 0.2) is 0 Å². The maximum atomic E-state index is 9.42. The molecule has 0 spiro atoms. The Bertz CT molecular complexity index is 2840. The Morgan fingerprint density at radius 2 is 1.05 bits per heavy atom. The molecule has 0 saturated heterocycles. The average molecular weight is 554 g/mol. The lowest BCUT2D eigenvalue weighted by Gasteiger charge is -2.19. The Balaban J connectivity index is 1.48. The van der Waals surface area contributed by atoms with E-state index in [9.17, 15) is 2.74 Å². The van der Waals surface area contributed by atoms with Crippen LogP contribution in [0, 0.1) is 0 Å². The van der Waals surface area contributed by atoms with Crippen LogP contribution in [0.25, 0.3) is 87.6 Å². The van der Waals surface area contributed by atoms with Crippen molar-refractivity contribution in [3.05, 3.63) is 158 Å². The number of para-hydroxylation sites is 1. The molecule has 0 N–H and O–H groups in total. The second kappa shape index (κ2) is 9.44. The van der Waals surface area contributed by atoms with Crippen molar-refractivity contribution in [3.63, 3.8) is 0 Å². The van der Waals surface area contributed by atoms with Gasteiger partial charge in [-0.1, -0.05) is 133 Å². The third-order valence-corrected chi connectivity index (χ3v) is 8.29. The van der Waals surface area contributed by atoms with Crippen LogP contribution in [0.15, 0.2) is 162 Å². The molecule has 200 valence electrons. The summed E-state index contributed by atoms with van der Waals surface area (Å²) in [6, 6.07) is 35.6. The van der Waals surface area contributed by atoms with E-state index in [2.05, 4.69) is 30.3 Å². The Kier molecular flexibility index (Phi) is 3.95. The van der Waals surface area contributed by atoms with Crippen LogP contribution in [0.1, 0.15) is 9.60 Å². The molecule has 0 amide bonds. The zero-order chi connectivity index (χ0) is 34.4. The van der Waals surface area contributed by atoms with Gasteiger partial charge < -0.3 is 4.42 Å². The quantitative estimate of drug-likeness (QED) is 0.198. The van der Waals surface area contributed by atoms with E-state index in [1.165, 1.54) is 0 Å². The first kappa shape index (κ1) is 18.0. The van der Waals surface area contributed by atoms with E-state index in [1.807, 2.05) is 84.9 Å². The summed E-state index contributed by atoms with van der Waals surface area (Å²) < 4.78 is 67.9. The molecule has 0 aliphatic carbocycles. The van der Waals surface area contributed by atoms with Crippen LogP contribution in [0.5, 0.6) is 0 Å². The number of fused-ring (bicyclic) bond motifs is 6. The summed E-state index contributed by atoms with van der Waals surface area (Å²) in [4.78, 5) is 0. The predicted octanol–water partition coefficient (Wildman–Crippen LogP) is 12.0. The van der Waals surface area contributed by atoms with Gasteiger partial charge in [-0.3, -0.25) is 0 Å². The first-order chi connectivity index (χ1) is 24.3. The standard InChI is InChI=1S/C42H26O/c1-2-12-27(13-3-1)31-25-37(42-36-20-10-11-21-38(36)43-39(42)26-31)41-34-18-8-6-16-32(34)40(33-17-7-9-19-35(33)41)30-23-22-28-14-4-5-15-29(28)24-30/h1-26H/i4D,5D,14D,15D,22D,23D,24D. The molecular weight excluding hydrogens is 520 g/mol. The Morgan fingerprint density at radius 1 is 0.442 bits per heavy atom. The third kappa shape index (κ3) is 3.72. The highest BCUT2D eigenvalue weighted by molar-refractivity contribution is 6.26. The molecule has 0 fully saturated rings. The topological polar surface area (TPSA) is 13.1 Å². The number of furan rings is 1. The minimum Gasteiger partial charge on any atom is -0.456 e. The molecule has 8 aromatic carbocycles. The molecule has 9 rings (SSSR count). The molecule has 0 atom stereocenters. The minimum atomic E-state index is -0.487. The van der Waals surface area contributed by atoms with Crippen molar-refractivity contribution < 1.29 is 14.0 Å². The maximum Gasteiger partial charge on any atom is 0.136 e. The zero-order valence-corrected chi connectivity index (χ0v) is 22.9. The Labute approximate surface area is 259 Å². The number of rotatable bonds is 3. The van der Waals surface area contributed by atoms with Crippen molar-refractivity contribution in [3.8, 4) is 33.4 Å². The Morgan fingerprint density at radius 3 is 1.77 bits per heavy atom. The van der Waals surface area contributed by atoms with Crippen molar-refractivity contribution in [1.82, 2.24) is 0 Å². The van der Waals surface area contributed by atoms with Gasteiger partial charge in [0.05, 0.1) is 9.60 Å². The monoisotopic (exact) mass is 553 g/mol. The van der Waals surface area contributed by atoms with Crippen molar-refractivity contribution >= 4 is 54.3 Å². The van der Waals surface area contributed by atoms with Crippen LogP contribution in [-0.2, 0) is 0 Å². The molecular formula is C42H26O. The third-order valence-electron chi connectivity index (χ3n) is 8.29. The number of hydrogen-bond donors (Lipinski definition) is 0. The summed E-state index contributed by atoms with van der Waals surface area (Å²) in [7, 11) is 0. The molecule has 0 aliphatic rings. The highest BCUT2D eigenvalue weighted by atomic mass is 16.3. The summed E-state index contributed by atoms with van der Waals surface area (Å²) >= 11 is 0. The largest absolute Gasteiger partial charge is 0.456 e. The molecule has 1 heteroatoms. The van der Waals surface area contributed by atoms with Gasteiger partial charge >= 0.3 is 0 Å². The van der Waals surface area contributed by atoms with Crippen LogP contribution in [-0.4, -0.2) is 0 Å². The SMILES string of the molecule is [2H]c1c([2H])c([2H])c2c([2H])c(-c3c4ccccc4c(-c4cc(-c5ccccc5)cc5oc6ccccc6c45)c4ccccc34)c([2H])c([2H])c2c1[2H]. The fourth-order valence-electron chi connectivity index (χ4n) is 6.44. The number of hydrogen-bond acceptors (Lipinski definition) is 1. The molecule has 1 heterocycles. The van der Waals surface area contributed by atoms with Gasteiger partial charge in [0, 0.05) is 10.8 Å². The van der Waals surface area contributed by atoms with Crippen molar-refractivity contribution in [2.45, 2.75) is 0 Å². The van der Waals surface area contributed by atoms with Gasteiger partial charge in [-0.2, -0.15) is 0 Å². The molecule has 9 aromatic rings. The van der Waals surface area contributed by atoms with Crippen molar-refractivity contribution in [2.75, 3.05) is 0 Å². The van der Waals surface area contributed by atoms with Crippen molar-refractivity contribution in [2.24, 2.45) is 0 Å². The normalized spacial score (nSPS) is 14.0. The maximum absolute atomic E-state index is 9.42. The van der Waals surface area contributed by atoms with E-state index in [-0.39, 0.29) is 34.5 Å². The van der Waals surface area contributed by atoms with Gasteiger partial charge in [0.25, 0.3) is 0 Å². The van der Waals surface area contributed by atoms with E-state index in [4.69, 9.17) is 11.3 Å². The van der Waals surface area contributed by atoms with E-state index in [0.717, 1.165) is 65.7 Å². The van der Waals surface area contributed by atoms with E-state index in [0.29, 0.717) is 5.56 Å². The average Bonchev–Trinajstić information content (AvgIpc) is 3.53. The first-order valence-corrected chi connectivity index (χ1v) is 14.2. The van der Waals surface area contributed by atoms with E-state index in [1.54, 1.807) is 0 Å². The van der Waals surface area contributed by atoms with Gasteiger partial charge in [-0.15, -0.1) is 0 Å². The van der Waals surface area contributed by atoms with Gasteiger partial charge in [-0.05, 0) is 89.9 Å². The van der Waals surface area contributed by atoms with E-state index >= 15 is 0 Å². The van der Waals surface area contributed by atoms with Gasteiger partial charge in [0.2, 0.25) is 0 Å². The summed E-state index contributed by atoms with van der Waals surface area (Å²) in [6.45, 7) is 0. The van der Waals surface area contributed by atoms with Crippen LogP contribution < -0.4 is 0 Å². The highest BCUT2D eigenvalue weighted by Crippen LogP contribution is 2.48. The lowest BCUT2D eigenvalue weighted by molar-refractivity contribution is 0.669. The minimum absolute atomic E-state index is 0.0635. The lowest BCUT2D eigenvalue weighted by Crippen LogP contribution is -1.92. The Hall–Kier alpha value is -5.66. The van der Waals surface area contributed by atoms with Gasteiger partial charge in [0.1, 0.15) is 11.2 Å². The molecule has 0 aliphatic heterocycles. The molecule has 0 unspecified atom stereocenters. The summed E-state index contributed by atoms with van der Waals surface area (Å²) in [5, 5.41) is 5.04. The fourth-order valence-corrected chi connectivity index (χ4v) is 6.44. The molecule has 0 saturated carbocycles. The second-order valence-electron chi connectivity index (χ2n) is 10.7. The predicted molar refractivity (Wildman–Crippen MR) is 183 cm³/mol. The summed E-state index contributed by atoms with van der Waals surface area (Å²) in [5.74, 6) is 0. The highest BCUT2D eigenvalue weighted by Gasteiger charge is 2.21. The van der Waals surface area contributed by atoms with Crippen LogP contribution >= 0.6 is 0 Å². The first-order valence-electron chi connectivity index (χ1n) is 17.7. The molecule has 43 heavy (non-hydrogen) atoms. The molecule has 1 aromatic heterocycles. The zero-order valence-electron chi connectivity index (χ0n) is 29.9. The summed E-state index contributed by atoms with van der Waals surface area (Å²) in [6.07, 6.45) is 0. The molecule has 1 nitrogen and oxygen atoms in total. The van der Waals surface area contributed by atoms with Crippen LogP contribution in [0.2, 0.25) is 0 Å². The second-order valence-corrected chi connectivity index (χ2v) is 10.7. The van der Waals surface area contributed by atoms with E-state index < -0.39 is 24.2 Å². The smallest absolute Gasteiger partial charge is 0.136 e. The van der Waals surface area contributed by atoms with Crippen LogP contribution in [0.4, 0.5) is 0 Å². The van der Waals surface area contributed by atoms with Crippen LogP contribution in [0.3, 0.4) is 0 Å². The van der Waals surface area contributed by atoms with Gasteiger partial charge in [-0.25, -0.2) is 0 Å². The summed E-state index contributed by atoms with van der Waals surface area (Å²) in [5.41, 5.74) is 6.23. The fraction of sp³-hybridized carbons (Fsp3) is 0. The number of benzene rings is 8. The lowest BCUT2D eigenvalue weighted by atomic mass is 9.84. The van der Waals surface area contributed by atoms with Crippen molar-refractivity contribution in [1.29, 1.82) is 0 Å². The molecule has 0 radical (unpaired) electrons. The molecule has 0 bridgehead atoms.